The van der Waals surface area contributed by atoms with Gasteiger partial charge < -0.3 is 10.3 Å². The van der Waals surface area contributed by atoms with Gasteiger partial charge in [-0.1, -0.05) is 54.6 Å². The van der Waals surface area contributed by atoms with Gasteiger partial charge in [0.2, 0.25) is 17.7 Å². The quantitative estimate of drug-likeness (QED) is 0.466. The van der Waals surface area contributed by atoms with E-state index in [0.717, 1.165) is 21.5 Å². The van der Waals surface area contributed by atoms with E-state index in [1.54, 1.807) is 0 Å². The van der Waals surface area contributed by atoms with Crippen LogP contribution in [0, 0.1) is 11.8 Å². The molecule has 2 unspecified atom stereocenters. The summed E-state index contributed by atoms with van der Waals surface area (Å²) in [6, 6.07) is 17.1. The van der Waals surface area contributed by atoms with Crippen molar-refractivity contribution in [1.82, 2.24) is 20.2 Å². The minimum Gasteiger partial charge on any atom is -0.344 e. The second kappa shape index (κ2) is 8.42. The molecule has 2 N–H and O–H groups in total. The summed E-state index contributed by atoms with van der Waals surface area (Å²) in [5, 5.41) is 3.00. The number of aromatic amines is 1. The van der Waals surface area contributed by atoms with Crippen molar-refractivity contribution < 1.29 is 14.4 Å². The molecule has 3 aromatic rings. The molecule has 7 nitrogen and oxygen atoms in total. The minimum atomic E-state index is -0.422. The predicted octanol–water partition coefficient (Wildman–Crippen LogP) is 2.91. The lowest BCUT2D eigenvalue weighted by atomic mass is 9.85. The van der Waals surface area contributed by atoms with E-state index in [-0.39, 0.29) is 36.1 Å². The van der Waals surface area contributed by atoms with Crippen LogP contribution in [0.3, 0.4) is 0 Å². The number of carbonyl (C=O) groups is 3. The molecule has 0 saturated carbocycles. The van der Waals surface area contributed by atoms with Crippen LogP contribution < -0.4 is 5.32 Å². The number of para-hydroxylation sites is 2. The van der Waals surface area contributed by atoms with Gasteiger partial charge in [-0.05, 0) is 37.0 Å². The van der Waals surface area contributed by atoms with Crippen LogP contribution in [0.5, 0.6) is 0 Å². The molecule has 1 aromatic heterocycles. The first-order valence-electron chi connectivity index (χ1n) is 10.9. The summed E-state index contributed by atoms with van der Waals surface area (Å²) in [5.74, 6) is -0.905. The van der Waals surface area contributed by atoms with Crippen molar-refractivity contribution >= 4 is 28.8 Å². The number of rotatable bonds is 6. The van der Waals surface area contributed by atoms with E-state index in [4.69, 9.17) is 0 Å². The van der Waals surface area contributed by atoms with Crippen LogP contribution in [0.15, 0.2) is 66.7 Å². The number of imidazole rings is 1. The number of hydrogen-bond donors (Lipinski definition) is 2. The van der Waals surface area contributed by atoms with Crippen LogP contribution >= 0.6 is 0 Å². The highest BCUT2D eigenvalue weighted by molar-refractivity contribution is 6.07. The summed E-state index contributed by atoms with van der Waals surface area (Å²) in [5.41, 5.74) is 2.75. The van der Waals surface area contributed by atoms with Crippen molar-refractivity contribution in [2.24, 2.45) is 11.8 Å². The second-order valence-corrected chi connectivity index (χ2v) is 8.37. The van der Waals surface area contributed by atoms with Gasteiger partial charge in [-0.15, -0.1) is 0 Å². The molecule has 1 saturated heterocycles. The average Bonchev–Trinajstić information content (AvgIpc) is 3.35. The van der Waals surface area contributed by atoms with E-state index in [1.807, 2.05) is 66.7 Å². The number of aromatic nitrogens is 2. The summed E-state index contributed by atoms with van der Waals surface area (Å²) >= 11 is 0. The second-order valence-electron chi connectivity index (χ2n) is 8.37. The summed E-state index contributed by atoms with van der Waals surface area (Å²) in [4.78, 5) is 47.5. The minimum absolute atomic E-state index is 0.247. The van der Waals surface area contributed by atoms with Crippen molar-refractivity contribution in [2.75, 3.05) is 6.54 Å². The van der Waals surface area contributed by atoms with Gasteiger partial charge in [0.15, 0.2) is 0 Å². The summed E-state index contributed by atoms with van der Waals surface area (Å²) in [7, 11) is 0. The topological polar surface area (TPSA) is 95.2 Å². The molecule has 162 valence electrons. The van der Waals surface area contributed by atoms with E-state index in [9.17, 15) is 14.4 Å². The molecule has 32 heavy (non-hydrogen) atoms. The molecule has 2 aliphatic rings. The molecule has 1 fully saturated rings. The number of H-pyrrole nitrogens is 1. The zero-order valence-electron chi connectivity index (χ0n) is 17.5. The van der Waals surface area contributed by atoms with Crippen molar-refractivity contribution in [3.63, 3.8) is 0 Å². The maximum Gasteiger partial charge on any atom is 0.240 e. The third-order valence-corrected chi connectivity index (χ3v) is 6.26. The summed E-state index contributed by atoms with van der Waals surface area (Å²) in [6.07, 6.45) is 5.52. The molecular formula is C25H24N4O3. The highest BCUT2D eigenvalue weighted by Gasteiger charge is 2.47. The molecule has 3 amide bonds. The average molecular weight is 428 g/mol. The number of carbonyl (C=O) groups excluding carboxylic acids is 3. The smallest absolute Gasteiger partial charge is 0.240 e. The SMILES string of the molecule is O=C(CN1C(=O)C2CC=CCC2C1=O)N[C@@H](Cc1ccccc1)c1nc2ccccc2[nH]1. The number of imide groups is 1. The maximum absolute atomic E-state index is 13.0. The van der Waals surface area contributed by atoms with E-state index >= 15 is 0 Å². The third-order valence-electron chi connectivity index (χ3n) is 6.26. The Hall–Kier alpha value is -3.74. The Morgan fingerprint density at radius 3 is 2.34 bits per heavy atom. The Balaban J connectivity index is 1.35. The lowest BCUT2D eigenvalue weighted by Gasteiger charge is -2.20. The third kappa shape index (κ3) is 3.82. The van der Waals surface area contributed by atoms with Crippen molar-refractivity contribution in [3.05, 3.63) is 78.1 Å². The van der Waals surface area contributed by atoms with Crippen LogP contribution in [0.4, 0.5) is 0 Å². The van der Waals surface area contributed by atoms with Crippen LogP contribution in [0.1, 0.15) is 30.3 Å². The number of amides is 3. The Kier molecular flexibility index (Phi) is 5.31. The molecule has 2 heterocycles. The number of allylic oxidation sites excluding steroid dienone is 2. The van der Waals surface area contributed by atoms with Crippen molar-refractivity contribution in [2.45, 2.75) is 25.3 Å². The first kappa shape index (κ1) is 20.2. The van der Waals surface area contributed by atoms with Gasteiger partial charge in [-0.25, -0.2) is 4.98 Å². The maximum atomic E-state index is 13.0. The van der Waals surface area contributed by atoms with Crippen molar-refractivity contribution in [1.29, 1.82) is 0 Å². The van der Waals surface area contributed by atoms with Gasteiger partial charge in [0.05, 0.1) is 28.9 Å². The molecule has 0 radical (unpaired) electrons. The first-order chi connectivity index (χ1) is 15.6. The highest BCUT2D eigenvalue weighted by Crippen LogP contribution is 2.34. The summed E-state index contributed by atoms with van der Waals surface area (Å²) in [6.45, 7) is -0.268. The molecule has 5 rings (SSSR count). The van der Waals surface area contributed by atoms with Gasteiger partial charge in [-0.3, -0.25) is 19.3 Å². The van der Waals surface area contributed by atoms with Crippen molar-refractivity contribution in [3.8, 4) is 0 Å². The predicted molar refractivity (Wildman–Crippen MR) is 119 cm³/mol. The molecule has 0 bridgehead atoms. The standard InChI is InChI=1S/C25H24N4O3/c30-22(15-29-24(31)17-10-4-5-11-18(17)25(29)32)26-21(14-16-8-2-1-3-9-16)23-27-19-12-6-7-13-20(19)28-23/h1-9,12-13,17-18,21H,10-11,14-15H2,(H,26,30)(H,27,28)/t17?,18?,21-/m0/s1. The van der Waals surface area contributed by atoms with Gasteiger partial charge in [0.25, 0.3) is 0 Å². The van der Waals surface area contributed by atoms with Gasteiger partial charge >= 0.3 is 0 Å². The van der Waals surface area contributed by atoms with E-state index in [1.165, 1.54) is 0 Å². The fourth-order valence-electron chi connectivity index (χ4n) is 4.61. The fraction of sp³-hybridized carbons (Fsp3) is 0.280. The van der Waals surface area contributed by atoms with E-state index in [0.29, 0.717) is 25.1 Å². The molecule has 7 heteroatoms. The highest BCUT2D eigenvalue weighted by atomic mass is 16.2. The van der Waals surface area contributed by atoms with E-state index < -0.39 is 6.04 Å². The largest absolute Gasteiger partial charge is 0.344 e. The molecule has 2 aromatic carbocycles. The normalized spacial score (nSPS) is 21.1. The first-order valence-corrected chi connectivity index (χ1v) is 10.9. The fourth-order valence-corrected chi connectivity index (χ4v) is 4.61. The molecule has 1 aliphatic heterocycles. The molecule has 1 aliphatic carbocycles. The van der Waals surface area contributed by atoms with Crippen LogP contribution in [-0.2, 0) is 20.8 Å². The molecule has 0 spiro atoms. The number of likely N-dealkylation sites (tertiary alicyclic amines) is 1. The van der Waals surface area contributed by atoms with Crippen LogP contribution in [0.25, 0.3) is 11.0 Å². The Labute approximate surface area is 185 Å². The number of nitrogens with zero attached hydrogens (tertiary/aromatic N) is 2. The van der Waals surface area contributed by atoms with Gasteiger partial charge in [-0.2, -0.15) is 0 Å². The lowest BCUT2D eigenvalue weighted by molar-refractivity contribution is -0.143. The number of hydrogen-bond acceptors (Lipinski definition) is 4. The number of nitrogens with one attached hydrogen (secondary N) is 2. The Bertz CT molecular complexity index is 1140. The van der Waals surface area contributed by atoms with Gasteiger partial charge in [0.1, 0.15) is 12.4 Å². The Morgan fingerprint density at radius 1 is 1.00 bits per heavy atom. The van der Waals surface area contributed by atoms with Crippen LogP contribution in [-0.4, -0.2) is 39.1 Å². The zero-order valence-corrected chi connectivity index (χ0v) is 17.5. The zero-order chi connectivity index (χ0) is 22.1. The van der Waals surface area contributed by atoms with Gasteiger partial charge in [0, 0.05) is 0 Å². The monoisotopic (exact) mass is 428 g/mol. The summed E-state index contributed by atoms with van der Waals surface area (Å²) < 4.78 is 0. The van der Waals surface area contributed by atoms with Crippen LogP contribution in [0.2, 0.25) is 0 Å². The lowest BCUT2D eigenvalue weighted by Crippen LogP contribution is -2.42. The Morgan fingerprint density at radius 2 is 1.66 bits per heavy atom. The molecular weight excluding hydrogens is 404 g/mol. The molecule has 3 atom stereocenters. The number of benzene rings is 2. The van der Waals surface area contributed by atoms with E-state index in [2.05, 4.69) is 15.3 Å². The number of fused-ring (bicyclic) bond motifs is 2.